The van der Waals surface area contributed by atoms with Crippen LogP contribution in [-0.4, -0.2) is 47.6 Å². The van der Waals surface area contributed by atoms with Gasteiger partial charge in [0.05, 0.1) is 34.6 Å². The summed E-state index contributed by atoms with van der Waals surface area (Å²) in [6, 6.07) is 14.9. The number of para-hydroxylation sites is 1. The van der Waals surface area contributed by atoms with E-state index in [9.17, 15) is 14.4 Å². The van der Waals surface area contributed by atoms with E-state index in [4.69, 9.17) is 30.5 Å². The number of fused-ring (bicyclic) bond motifs is 1. The molecule has 45 heavy (non-hydrogen) atoms. The Morgan fingerprint density at radius 1 is 1.13 bits per heavy atom. The zero-order valence-corrected chi connectivity index (χ0v) is 27.5. The summed E-state index contributed by atoms with van der Waals surface area (Å²) in [4.78, 5) is 47.7. The first-order valence-electron chi connectivity index (χ1n) is 14.6. The third-order valence-electron chi connectivity index (χ3n) is 7.45. The van der Waals surface area contributed by atoms with Crippen molar-refractivity contribution in [1.29, 1.82) is 0 Å². The second-order valence-electron chi connectivity index (χ2n) is 10.6. The van der Waals surface area contributed by atoms with Crippen LogP contribution in [0.2, 0.25) is 5.02 Å². The average molecular weight is 648 g/mol. The van der Waals surface area contributed by atoms with Crippen molar-refractivity contribution in [1.82, 2.24) is 9.47 Å². The summed E-state index contributed by atoms with van der Waals surface area (Å²) in [6.07, 6.45) is 1.33. The Morgan fingerprint density at radius 2 is 1.87 bits per heavy atom. The van der Waals surface area contributed by atoms with E-state index < -0.39 is 12.0 Å². The van der Waals surface area contributed by atoms with E-state index in [1.807, 2.05) is 38.1 Å². The van der Waals surface area contributed by atoms with Gasteiger partial charge in [-0.05, 0) is 71.0 Å². The molecule has 3 heterocycles. The monoisotopic (exact) mass is 647 g/mol. The molecule has 1 aliphatic heterocycles. The van der Waals surface area contributed by atoms with Gasteiger partial charge in [-0.3, -0.25) is 14.2 Å². The fourth-order valence-corrected chi connectivity index (χ4v) is 6.54. The lowest BCUT2D eigenvalue weighted by atomic mass is 9.94. The Hall–Kier alpha value is -4.41. The Kier molecular flexibility index (Phi) is 9.45. The summed E-state index contributed by atoms with van der Waals surface area (Å²) < 4.78 is 19.1. The number of carbonyl (C=O) groups excluding carboxylic acids is 2. The second kappa shape index (κ2) is 13.3. The molecule has 0 aliphatic carbocycles. The first kappa shape index (κ1) is 32.0. The fourth-order valence-electron chi connectivity index (χ4n) is 5.34. The summed E-state index contributed by atoms with van der Waals surface area (Å²) in [5.41, 5.74) is 2.10. The van der Waals surface area contributed by atoms with Crippen molar-refractivity contribution < 1.29 is 23.5 Å². The van der Waals surface area contributed by atoms with Gasteiger partial charge < -0.3 is 18.8 Å². The quantitative estimate of drug-likeness (QED) is 0.220. The maximum atomic E-state index is 14.1. The number of likely N-dealkylation sites (N-methyl/N-ethyl adjacent to an activating group) is 1. The maximum absolute atomic E-state index is 14.1. The number of nitrogens with zero attached hydrogens (tertiary/aromatic N) is 3. The van der Waals surface area contributed by atoms with Crippen LogP contribution in [0.3, 0.4) is 0 Å². The van der Waals surface area contributed by atoms with Crippen molar-refractivity contribution in [3.63, 3.8) is 0 Å². The minimum Gasteiger partial charge on any atom is -0.496 e. The lowest BCUT2D eigenvalue weighted by Crippen LogP contribution is -2.43. The van der Waals surface area contributed by atoms with Crippen molar-refractivity contribution in [3.8, 4) is 17.1 Å². The standard InChI is InChI=1S/C34H34ClN3O6S/c1-7-37(8-2)32(40)29-20(5)36-34-38(30(29)24-11-9-10-12-26(24)42-6)31(39)28(45-34)18-22-14-16-27(44-22)25-17-21(35)13-15-23(25)33(41)43-19(3)4/h9-19,30H,7-8H2,1-6H3/b28-18-/t30-/m0/s1. The van der Waals surface area contributed by atoms with Gasteiger partial charge in [0.1, 0.15) is 23.3 Å². The normalized spacial score (nSPS) is 14.8. The number of thiazole rings is 1. The number of rotatable bonds is 9. The van der Waals surface area contributed by atoms with E-state index in [2.05, 4.69) is 0 Å². The van der Waals surface area contributed by atoms with Crippen molar-refractivity contribution in [3.05, 3.63) is 107 Å². The molecule has 2 aromatic carbocycles. The van der Waals surface area contributed by atoms with Gasteiger partial charge in [-0.25, -0.2) is 9.79 Å². The zero-order valence-electron chi connectivity index (χ0n) is 25.9. The molecule has 2 aromatic heterocycles. The number of carbonyl (C=O) groups is 2. The Bertz CT molecular complexity index is 1980. The van der Waals surface area contributed by atoms with Crippen LogP contribution in [0, 0.1) is 0 Å². The van der Waals surface area contributed by atoms with Gasteiger partial charge in [0.25, 0.3) is 11.5 Å². The first-order chi connectivity index (χ1) is 21.6. The SMILES string of the molecule is CCN(CC)C(=O)C1=C(C)N=c2s/c(=C\c3ccc(-c4cc(Cl)ccc4C(=O)OC(C)C)o3)c(=O)n2[C@H]1c1ccccc1OC. The van der Waals surface area contributed by atoms with E-state index in [-0.39, 0.29) is 17.6 Å². The number of hydrogen-bond acceptors (Lipinski definition) is 8. The predicted molar refractivity (Wildman–Crippen MR) is 174 cm³/mol. The van der Waals surface area contributed by atoms with Gasteiger partial charge in [-0.1, -0.05) is 41.1 Å². The van der Waals surface area contributed by atoms with Crippen LogP contribution in [0.1, 0.15) is 62.3 Å². The van der Waals surface area contributed by atoms with Crippen LogP contribution < -0.4 is 19.6 Å². The molecule has 0 saturated carbocycles. The number of benzene rings is 2. The molecule has 234 valence electrons. The molecule has 0 spiro atoms. The lowest BCUT2D eigenvalue weighted by molar-refractivity contribution is -0.127. The fraction of sp³-hybridized carbons (Fsp3) is 0.294. The molecule has 1 amide bonds. The third kappa shape index (κ3) is 6.25. The Labute approximate surface area is 269 Å². The number of furan rings is 1. The average Bonchev–Trinajstić information content (AvgIpc) is 3.60. The summed E-state index contributed by atoms with van der Waals surface area (Å²) in [5.74, 6) is 0.658. The zero-order chi connectivity index (χ0) is 32.4. The van der Waals surface area contributed by atoms with E-state index >= 15 is 0 Å². The molecule has 1 aliphatic rings. The molecule has 0 saturated heterocycles. The molecular formula is C34H34ClN3O6S. The number of esters is 1. The molecule has 0 radical (unpaired) electrons. The largest absolute Gasteiger partial charge is 0.496 e. The maximum Gasteiger partial charge on any atom is 0.339 e. The van der Waals surface area contributed by atoms with Crippen LogP contribution in [0.25, 0.3) is 17.4 Å². The van der Waals surface area contributed by atoms with Crippen molar-refractivity contribution in [2.24, 2.45) is 4.99 Å². The van der Waals surface area contributed by atoms with Gasteiger partial charge >= 0.3 is 5.97 Å². The molecular weight excluding hydrogens is 614 g/mol. The third-order valence-corrected chi connectivity index (χ3v) is 8.66. The summed E-state index contributed by atoms with van der Waals surface area (Å²) >= 11 is 7.47. The highest BCUT2D eigenvalue weighted by atomic mass is 35.5. The predicted octanol–water partition coefficient (Wildman–Crippen LogP) is 5.59. The molecule has 0 N–H and O–H groups in total. The highest BCUT2D eigenvalue weighted by Crippen LogP contribution is 2.36. The molecule has 0 bridgehead atoms. The van der Waals surface area contributed by atoms with Crippen LogP contribution >= 0.6 is 22.9 Å². The van der Waals surface area contributed by atoms with E-state index in [0.717, 1.165) is 0 Å². The van der Waals surface area contributed by atoms with Crippen LogP contribution in [0.15, 0.2) is 80.1 Å². The minimum absolute atomic E-state index is 0.185. The molecule has 1 atom stereocenters. The first-order valence-corrected chi connectivity index (χ1v) is 15.8. The lowest BCUT2D eigenvalue weighted by Gasteiger charge is -2.29. The highest BCUT2D eigenvalue weighted by molar-refractivity contribution is 7.07. The number of allylic oxidation sites excluding steroid dienone is 1. The summed E-state index contributed by atoms with van der Waals surface area (Å²) in [7, 11) is 1.56. The van der Waals surface area contributed by atoms with Crippen molar-refractivity contribution in [2.75, 3.05) is 20.2 Å². The van der Waals surface area contributed by atoms with Gasteiger partial charge in [0.15, 0.2) is 4.80 Å². The minimum atomic E-state index is -0.749. The molecule has 9 nitrogen and oxygen atoms in total. The van der Waals surface area contributed by atoms with Crippen molar-refractivity contribution >= 4 is 40.9 Å². The number of ether oxygens (including phenoxy) is 2. The van der Waals surface area contributed by atoms with E-state index in [0.29, 0.717) is 72.7 Å². The number of methoxy groups -OCH3 is 1. The molecule has 0 unspecified atom stereocenters. The molecule has 0 fully saturated rings. The van der Waals surface area contributed by atoms with Crippen molar-refractivity contribution in [2.45, 2.75) is 46.8 Å². The molecule has 4 aromatic rings. The van der Waals surface area contributed by atoms with Gasteiger partial charge in [-0.15, -0.1) is 0 Å². The molecule has 11 heteroatoms. The van der Waals surface area contributed by atoms with Gasteiger partial charge in [-0.2, -0.15) is 0 Å². The van der Waals surface area contributed by atoms with Crippen LogP contribution in [0.4, 0.5) is 0 Å². The molecule has 5 rings (SSSR count). The van der Waals surface area contributed by atoms with Gasteiger partial charge in [0, 0.05) is 35.3 Å². The number of aromatic nitrogens is 1. The topological polar surface area (TPSA) is 103 Å². The summed E-state index contributed by atoms with van der Waals surface area (Å²) in [5, 5.41) is 0.430. The smallest absolute Gasteiger partial charge is 0.339 e. The van der Waals surface area contributed by atoms with Crippen LogP contribution in [0.5, 0.6) is 5.75 Å². The van der Waals surface area contributed by atoms with Gasteiger partial charge in [0.2, 0.25) is 0 Å². The second-order valence-corrected chi connectivity index (χ2v) is 12.1. The van der Waals surface area contributed by atoms with Crippen LogP contribution in [-0.2, 0) is 9.53 Å². The summed E-state index contributed by atoms with van der Waals surface area (Å²) in [6.45, 7) is 10.2. The highest BCUT2D eigenvalue weighted by Gasteiger charge is 2.35. The number of amides is 1. The van der Waals surface area contributed by atoms with E-state index in [1.165, 1.54) is 11.3 Å². The van der Waals surface area contributed by atoms with E-state index in [1.54, 1.807) is 73.8 Å². The Morgan fingerprint density at radius 3 is 2.56 bits per heavy atom. The number of halogens is 1. The number of hydrogen-bond donors (Lipinski definition) is 0. The Balaban J connectivity index is 1.64.